The second-order valence-electron chi connectivity index (χ2n) is 4.24. The van der Waals surface area contributed by atoms with E-state index in [-0.39, 0.29) is 0 Å². The highest BCUT2D eigenvalue weighted by Crippen LogP contribution is 2.15. The molecule has 15 heavy (non-hydrogen) atoms. The largest absolute Gasteiger partial charge is 0.377 e. The molecule has 0 saturated carbocycles. The molecule has 0 aliphatic heterocycles. The van der Waals surface area contributed by atoms with E-state index in [4.69, 9.17) is 12.6 Å². The van der Waals surface area contributed by atoms with Gasteiger partial charge in [0.25, 0.3) is 0 Å². The summed E-state index contributed by atoms with van der Waals surface area (Å²) in [5.74, 6) is 1.06. The number of ether oxygens (including phenoxy) is 1. The molecule has 2 heteroatoms. The summed E-state index contributed by atoms with van der Waals surface area (Å²) in [6, 6.07) is 10.2. The fourth-order valence-corrected chi connectivity index (χ4v) is 1.44. The molecule has 0 spiro atoms. The van der Waals surface area contributed by atoms with Crippen molar-refractivity contribution in [2.45, 2.75) is 26.8 Å². The second kappa shape index (κ2) is 6.68. The zero-order chi connectivity index (χ0) is 11.1. The molecule has 0 N–H and O–H groups in total. The van der Waals surface area contributed by atoms with Gasteiger partial charge in [-0.25, -0.2) is 0 Å². The van der Waals surface area contributed by atoms with Gasteiger partial charge >= 0.3 is 0 Å². The Morgan fingerprint density at radius 3 is 2.40 bits per heavy atom. The molecular weight excluding hydrogens is 183 g/mol. The van der Waals surface area contributed by atoms with Crippen LogP contribution in [0.5, 0.6) is 0 Å². The van der Waals surface area contributed by atoms with Gasteiger partial charge in [-0.15, -0.1) is 0 Å². The highest BCUT2D eigenvalue weighted by atomic mass is 16.5. The van der Waals surface area contributed by atoms with E-state index in [2.05, 4.69) is 26.0 Å². The first-order valence-electron chi connectivity index (χ1n) is 5.55. The van der Waals surface area contributed by atoms with Crippen LogP contribution < -0.4 is 0 Å². The molecule has 0 bridgehead atoms. The van der Waals surface area contributed by atoms with E-state index in [1.165, 1.54) is 5.56 Å². The maximum atomic E-state index is 5.67. The van der Waals surface area contributed by atoms with Crippen LogP contribution >= 0.6 is 0 Å². The van der Waals surface area contributed by atoms with Gasteiger partial charge in [0, 0.05) is 6.61 Å². The molecule has 1 atom stereocenters. The Morgan fingerprint density at radius 2 is 1.87 bits per heavy atom. The summed E-state index contributed by atoms with van der Waals surface area (Å²) in [4.78, 5) is 0. The van der Waals surface area contributed by atoms with Crippen LogP contribution in [0, 0.1) is 11.8 Å². The van der Waals surface area contributed by atoms with Gasteiger partial charge in [0.05, 0.1) is 14.5 Å². The summed E-state index contributed by atoms with van der Waals surface area (Å²) in [6.45, 7) is 5.81. The third-order valence-corrected chi connectivity index (χ3v) is 2.69. The SMILES string of the molecule is [B]CC(COCc1ccccc1)C(C)C. The van der Waals surface area contributed by atoms with Crippen molar-refractivity contribution in [2.24, 2.45) is 11.8 Å². The Bertz CT molecular complexity index is 258. The predicted octanol–water partition coefficient (Wildman–Crippen LogP) is 3.06. The van der Waals surface area contributed by atoms with Crippen LogP contribution in [0.2, 0.25) is 6.32 Å². The monoisotopic (exact) mass is 202 g/mol. The first kappa shape index (κ1) is 12.3. The zero-order valence-electron chi connectivity index (χ0n) is 9.65. The van der Waals surface area contributed by atoms with Gasteiger partial charge < -0.3 is 4.74 Å². The van der Waals surface area contributed by atoms with Crippen molar-refractivity contribution in [3.05, 3.63) is 35.9 Å². The fourth-order valence-electron chi connectivity index (χ4n) is 1.44. The van der Waals surface area contributed by atoms with Gasteiger partial charge in [0.15, 0.2) is 0 Å². The van der Waals surface area contributed by atoms with Crippen LogP contribution in [0.1, 0.15) is 19.4 Å². The molecule has 0 heterocycles. The minimum Gasteiger partial charge on any atom is -0.377 e. The Labute approximate surface area is 94.3 Å². The van der Waals surface area contributed by atoms with Crippen LogP contribution in [0.15, 0.2) is 30.3 Å². The molecule has 0 fully saturated rings. The van der Waals surface area contributed by atoms with E-state index in [0.717, 1.165) is 6.61 Å². The average Bonchev–Trinajstić information content (AvgIpc) is 2.25. The highest BCUT2D eigenvalue weighted by molar-refractivity contribution is 6.08. The van der Waals surface area contributed by atoms with Gasteiger partial charge in [-0.3, -0.25) is 0 Å². The zero-order valence-corrected chi connectivity index (χ0v) is 9.65. The number of rotatable bonds is 6. The van der Waals surface area contributed by atoms with Gasteiger partial charge in [0.2, 0.25) is 0 Å². The molecule has 1 aromatic rings. The molecule has 0 aliphatic rings. The third kappa shape index (κ3) is 4.52. The quantitative estimate of drug-likeness (QED) is 0.644. The van der Waals surface area contributed by atoms with Crippen molar-refractivity contribution in [1.82, 2.24) is 0 Å². The second-order valence-corrected chi connectivity index (χ2v) is 4.24. The lowest BCUT2D eigenvalue weighted by Gasteiger charge is -2.19. The van der Waals surface area contributed by atoms with Crippen LogP contribution in [0.3, 0.4) is 0 Å². The van der Waals surface area contributed by atoms with E-state index >= 15 is 0 Å². The van der Waals surface area contributed by atoms with Crippen LogP contribution in [-0.2, 0) is 11.3 Å². The van der Waals surface area contributed by atoms with Crippen molar-refractivity contribution >= 4 is 7.85 Å². The van der Waals surface area contributed by atoms with Gasteiger partial charge in [0.1, 0.15) is 0 Å². The van der Waals surface area contributed by atoms with Crippen LogP contribution in [0.4, 0.5) is 0 Å². The Balaban J connectivity index is 2.27. The molecule has 0 aliphatic carbocycles. The molecule has 2 radical (unpaired) electrons. The van der Waals surface area contributed by atoms with Crippen molar-refractivity contribution in [3.63, 3.8) is 0 Å². The lowest BCUT2D eigenvalue weighted by Crippen LogP contribution is -2.15. The van der Waals surface area contributed by atoms with Gasteiger partial charge in [-0.2, -0.15) is 0 Å². The van der Waals surface area contributed by atoms with E-state index in [9.17, 15) is 0 Å². The number of hydrogen-bond donors (Lipinski definition) is 0. The number of hydrogen-bond acceptors (Lipinski definition) is 1. The average molecular weight is 202 g/mol. The van der Waals surface area contributed by atoms with Crippen molar-refractivity contribution in [1.29, 1.82) is 0 Å². The molecular formula is C13H19BO. The summed E-state index contributed by atoms with van der Waals surface area (Å²) >= 11 is 0. The lowest BCUT2D eigenvalue weighted by molar-refractivity contribution is 0.0783. The normalized spacial score (nSPS) is 13.0. The smallest absolute Gasteiger partial charge is 0.0717 e. The van der Waals surface area contributed by atoms with E-state index < -0.39 is 0 Å². The van der Waals surface area contributed by atoms with Gasteiger partial charge in [-0.1, -0.05) is 50.5 Å². The molecule has 1 rings (SSSR count). The van der Waals surface area contributed by atoms with Crippen molar-refractivity contribution in [3.8, 4) is 0 Å². The summed E-state index contributed by atoms with van der Waals surface area (Å²) in [5.41, 5.74) is 1.22. The van der Waals surface area contributed by atoms with Gasteiger partial charge in [-0.05, 0) is 17.4 Å². The Hall–Kier alpha value is -0.755. The molecule has 0 amide bonds. The first-order valence-corrected chi connectivity index (χ1v) is 5.55. The third-order valence-electron chi connectivity index (χ3n) is 2.69. The summed E-state index contributed by atoms with van der Waals surface area (Å²) in [5, 5.41) is 0. The van der Waals surface area contributed by atoms with E-state index in [0.29, 0.717) is 24.8 Å². The molecule has 0 saturated heterocycles. The molecule has 1 unspecified atom stereocenters. The van der Waals surface area contributed by atoms with Crippen molar-refractivity contribution in [2.75, 3.05) is 6.61 Å². The Kier molecular flexibility index (Phi) is 5.48. The minimum atomic E-state index is 0.466. The van der Waals surface area contributed by atoms with Crippen LogP contribution in [0.25, 0.3) is 0 Å². The summed E-state index contributed by atoms with van der Waals surface area (Å²) in [6.07, 6.45) is 0.701. The Morgan fingerprint density at radius 1 is 1.20 bits per heavy atom. The maximum Gasteiger partial charge on any atom is 0.0717 e. The standard InChI is InChI=1S/C13H19BO/c1-11(2)13(8-14)10-15-9-12-6-4-3-5-7-12/h3-7,11,13H,8-10H2,1-2H3. The minimum absolute atomic E-state index is 0.466. The highest BCUT2D eigenvalue weighted by Gasteiger charge is 2.10. The fraction of sp³-hybridized carbons (Fsp3) is 0.538. The molecule has 0 aromatic heterocycles. The molecule has 1 aromatic carbocycles. The summed E-state index contributed by atoms with van der Waals surface area (Å²) in [7, 11) is 5.67. The predicted molar refractivity (Wildman–Crippen MR) is 65.0 cm³/mol. The van der Waals surface area contributed by atoms with E-state index in [1.807, 2.05) is 18.2 Å². The van der Waals surface area contributed by atoms with E-state index in [1.54, 1.807) is 0 Å². The first-order chi connectivity index (χ1) is 7.24. The van der Waals surface area contributed by atoms with Crippen LogP contribution in [-0.4, -0.2) is 14.5 Å². The number of benzene rings is 1. The molecule has 1 nitrogen and oxygen atoms in total. The topological polar surface area (TPSA) is 9.23 Å². The maximum absolute atomic E-state index is 5.67. The molecule has 80 valence electrons. The van der Waals surface area contributed by atoms with Crippen molar-refractivity contribution < 1.29 is 4.74 Å². The lowest BCUT2D eigenvalue weighted by atomic mass is 9.84. The summed E-state index contributed by atoms with van der Waals surface area (Å²) < 4.78 is 5.65.